The number of hydrogen-bond acceptors (Lipinski definition) is 6. The fraction of sp³-hybridized carbons (Fsp3) is 0.478. The Morgan fingerprint density at radius 3 is 2.35 bits per heavy atom. The number of hydrogen-bond donors (Lipinski definition) is 1. The minimum Gasteiger partial charge on any atom is -0.493 e. The number of furan rings is 1. The van der Waals surface area contributed by atoms with Crippen LogP contribution in [-0.4, -0.2) is 75.1 Å². The van der Waals surface area contributed by atoms with Crippen LogP contribution in [0.15, 0.2) is 28.7 Å². The van der Waals surface area contributed by atoms with Crippen molar-refractivity contribution in [1.82, 2.24) is 15.1 Å². The van der Waals surface area contributed by atoms with Gasteiger partial charge in [0.15, 0.2) is 11.5 Å². The summed E-state index contributed by atoms with van der Waals surface area (Å²) in [6, 6.07) is 7.54. The highest BCUT2D eigenvalue weighted by molar-refractivity contribution is 5.95. The van der Waals surface area contributed by atoms with Gasteiger partial charge < -0.3 is 24.1 Å². The molecule has 1 saturated heterocycles. The normalized spacial score (nSPS) is 14.4. The molecule has 3 rings (SSSR count). The summed E-state index contributed by atoms with van der Waals surface area (Å²) in [5, 5.41) is 2.97. The van der Waals surface area contributed by atoms with Crippen molar-refractivity contribution in [3.63, 3.8) is 0 Å². The lowest BCUT2D eigenvalue weighted by Crippen LogP contribution is -2.51. The first-order valence-electron chi connectivity index (χ1n) is 10.5. The van der Waals surface area contributed by atoms with Crippen molar-refractivity contribution in [2.75, 3.05) is 53.5 Å². The Labute approximate surface area is 183 Å². The predicted octanol–water partition coefficient (Wildman–Crippen LogP) is 2.03. The number of methoxy groups -OCH3 is 2. The number of rotatable bonds is 8. The molecule has 0 saturated carbocycles. The van der Waals surface area contributed by atoms with Crippen LogP contribution in [0.5, 0.6) is 11.5 Å². The van der Waals surface area contributed by atoms with Crippen LogP contribution in [-0.2, 0) is 11.2 Å². The number of amides is 2. The van der Waals surface area contributed by atoms with Gasteiger partial charge in [-0.05, 0) is 44.0 Å². The number of carbonyl (C=O) groups is 2. The quantitative estimate of drug-likeness (QED) is 0.691. The summed E-state index contributed by atoms with van der Waals surface area (Å²) < 4.78 is 16.0. The van der Waals surface area contributed by atoms with Crippen molar-refractivity contribution < 1.29 is 23.5 Å². The van der Waals surface area contributed by atoms with Crippen LogP contribution in [0.3, 0.4) is 0 Å². The molecule has 0 spiro atoms. The molecular weight excluding hydrogens is 398 g/mol. The maximum Gasteiger partial charge on any atom is 0.257 e. The molecular formula is C23H31N3O5. The molecule has 1 aliphatic rings. The number of piperazine rings is 1. The zero-order chi connectivity index (χ0) is 22.4. The maximum atomic E-state index is 12.7. The number of aryl methyl sites for hydroxylation is 2. The summed E-state index contributed by atoms with van der Waals surface area (Å²) in [6.45, 7) is 7.07. The average Bonchev–Trinajstić information content (AvgIpc) is 3.11. The molecule has 1 aliphatic heterocycles. The Morgan fingerprint density at radius 2 is 1.74 bits per heavy atom. The third-order valence-corrected chi connectivity index (χ3v) is 5.48. The monoisotopic (exact) mass is 429 g/mol. The summed E-state index contributed by atoms with van der Waals surface area (Å²) >= 11 is 0. The van der Waals surface area contributed by atoms with E-state index in [-0.39, 0.29) is 11.8 Å². The highest BCUT2D eigenvalue weighted by atomic mass is 16.5. The number of benzene rings is 1. The molecule has 2 aromatic rings. The average molecular weight is 430 g/mol. The minimum atomic E-state index is -0.0124. The maximum absolute atomic E-state index is 12.7. The third kappa shape index (κ3) is 5.79. The Balaban J connectivity index is 1.40. The van der Waals surface area contributed by atoms with E-state index in [2.05, 4.69) is 10.2 Å². The molecule has 0 aliphatic carbocycles. The van der Waals surface area contributed by atoms with Crippen LogP contribution in [0.1, 0.15) is 27.4 Å². The van der Waals surface area contributed by atoms with Crippen molar-refractivity contribution >= 4 is 11.8 Å². The largest absolute Gasteiger partial charge is 0.493 e. The summed E-state index contributed by atoms with van der Waals surface area (Å²) in [7, 11) is 3.21. The van der Waals surface area contributed by atoms with E-state index >= 15 is 0 Å². The van der Waals surface area contributed by atoms with Crippen LogP contribution in [0, 0.1) is 13.8 Å². The van der Waals surface area contributed by atoms with E-state index in [1.54, 1.807) is 20.3 Å². The van der Waals surface area contributed by atoms with E-state index in [0.717, 1.165) is 11.3 Å². The molecule has 0 atom stereocenters. The van der Waals surface area contributed by atoms with Gasteiger partial charge in [0, 0.05) is 32.7 Å². The highest BCUT2D eigenvalue weighted by Crippen LogP contribution is 2.27. The Hall–Kier alpha value is -3.00. The molecule has 168 valence electrons. The predicted molar refractivity (Wildman–Crippen MR) is 117 cm³/mol. The van der Waals surface area contributed by atoms with E-state index in [1.807, 2.05) is 36.9 Å². The fourth-order valence-electron chi connectivity index (χ4n) is 3.76. The van der Waals surface area contributed by atoms with E-state index < -0.39 is 0 Å². The molecule has 1 aromatic carbocycles. The first kappa shape index (κ1) is 22.7. The number of nitrogens with zero attached hydrogens (tertiary/aromatic N) is 2. The van der Waals surface area contributed by atoms with E-state index in [9.17, 15) is 9.59 Å². The molecule has 2 heterocycles. The van der Waals surface area contributed by atoms with Gasteiger partial charge in [-0.2, -0.15) is 0 Å². The molecule has 1 aromatic heterocycles. The van der Waals surface area contributed by atoms with Gasteiger partial charge in [-0.25, -0.2) is 0 Å². The van der Waals surface area contributed by atoms with Gasteiger partial charge in [0.1, 0.15) is 11.5 Å². The van der Waals surface area contributed by atoms with Crippen molar-refractivity contribution in [3.8, 4) is 11.5 Å². The number of nitrogens with one attached hydrogen (secondary N) is 1. The zero-order valence-electron chi connectivity index (χ0n) is 18.7. The number of ether oxygens (including phenoxy) is 2. The SMILES string of the molecule is COc1ccc(CCNC(=O)CN2CCN(C(=O)c3cc(C)oc3C)CC2)cc1OC. The van der Waals surface area contributed by atoms with Gasteiger partial charge in [0.2, 0.25) is 5.91 Å². The van der Waals surface area contributed by atoms with Crippen LogP contribution < -0.4 is 14.8 Å². The molecule has 1 fully saturated rings. The zero-order valence-corrected chi connectivity index (χ0v) is 18.7. The highest BCUT2D eigenvalue weighted by Gasteiger charge is 2.25. The third-order valence-electron chi connectivity index (χ3n) is 5.48. The van der Waals surface area contributed by atoms with Gasteiger partial charge >= 0.3 is 0 Å². The molecule has 31 heavy (non-hydrogen) atoms. The second-order valence-corrected chi connectivity index (χ2v) is 7.68. The second-order valence-electron chi connectivity index (χ2n) is 7.68. The van der Waals surface area contributed by atoms with Gasteiger partial charge in [-0.1, -0.05) is 6.07 Å². The Kier molecular flexibility index (Phi) is 7.57. The van der Waals surface area contributed by atoms with Gasteiger partial charge in [0.05, 0.1) is 26.3 Å². The van der Waals surface area contributed by atoms with Crippen molar-refractivity contribution in [2.24, 2.45) is 0 Å². The second kappa shape index (κ2) is 10.3. The van der Waals surface area contributed by atoms with Crippen LogP contribution in [0.4, 0.5) is 0 Å². The van der Waals surface area contributed by atoms with E-state index in [0.29, 0.717) is 68.5 Å². The Morgan fingerprint density at radius 1 is 1.03 bits per heavy atom. The lowest BCUT2D eigenvalue weighted by Gasteiger charge is -2.34. The fourth-order valence-corrected chi connectivity index (χ4v) is 3.76. The van der Waals surface area contributed by atoms with E-state index in [1.165, 1.54) is 0 Å². The van der Waals surface area contributed by atoms with Crippen molar-refractivity contribution in [1.29, 1.82) is 0 Å². The lowest BCUT2D eigenvalue weighted by atomic mass is 10.1. The topological polar surface area (TPSA) is 84.3 Å². The van der Waals surface area contributed by atoms with Crippen molar-refractivity contribution in [3.05, 3.63) is 46.9 Å². The minimum absolute atomic E-state index is 0.00614. The molecule has 0 bridgehead atoms. The summed E-state index contributed by atoms with van der Waals surface area (Å²) in [5.41, 5.74) is 1.69. The van der Waals surface area contributed by atoms with Gasteiger partial charge in [-0.3, -0.25) is 14.5 Å². The van der Waals surface area contributed by atoms with Crippen LogP contribution in [0.2, 0.25) is 0 Å². The first-order valence-corrected chi connectivity index (χ1v) is 10.5. The molecule has 2 amide bonds. The summed E-state index contributed by atoms with van der Waals surface area (Å²) in [4.78, 5) is 28.9. The molecule has 1 N–H and O–H groups in total. The first-order chi connectivity index (χ1) is 14.9. The standard InChI is InChI=1S/C23H31N3O5/c1-16-13-19(17(2)31-16)23(28)26-11-9-25(10-12-26)15-22(27)24-8-7-18-5-6-20(29-3)21(14-18)30-4/h5-6,13-14H,7-12,15H2,1-4H3,(H,24,27). The molecule has 0 unspecified atom stereocenters. The lowest BCUT2D eigenvalue weighted by molar-refractivity contribution is -0.122. The van der Waals surface area contributed by atoms with Crippen LogP contribution >= 0.6 is 0 Å². The summed E-state index contributed by atoms with van der Waals surface area (Å²) in [5.74, 6) is 2.74. The molecule has 0 radical (unpaired) electrons. The van der Waals surface area contributed by atoms with Gasteiger partial charge in [0.25, 0.3) is 5.91 Å². The smallest absolute Gasteiger partial charge is 0.257 e. The summed E-state index contributed by atoms with van der Waals surface area (Å²) in [6.07, 6.45) is 0.706. The van der Waals surface area contributed by atoms with Gasteiger partial charge in [-0.15, -0.1) is 0 Å². The number of carbonyl (C=O) groups excluding carboxylic acids is 2. The molecule has 8 nitrogen and oxygen atoms in total. The Bertz CT molecular complexity index is 916. The van der Waals surface area contributed by atoms with Crippen LogP contribution in [0.25, 0.3) is 0 Å². The van der Waals surface area contributed by atoms with Crippen molar-refractivity contribution in [2.45, 2.75) is 20.3 Å². The molecule has 8 heteroatoms. The van der Waals surface area contributed by atoms with E-state index in [4.69, 9.17) is 13.9 Å².